The van der Waals surface area contributed by atoms with Gasteiger partial charge >= 0.3 is 0 Å². The molecule has 2 aromatic carbocycles. The van der Waals surface area contributed by atoms with Gasteiger partial charge in [-0.25, -0.2) is 0 Å². The van der Waals surface area contributed by atoms with Crippen molar-refractivity contribution in [2.75, 3.05) is 6.54 Å². The maximum Gasteiger partial charge on any atom is 0.220 e. The molecule has 22 heavy (non-hydrogen) atoms. The van der Waals surface area contributed by atoms with E-state index in [0.29, 0.717) is 19.4 Å². The molecule has 0 bridgehead atoms. The quantitative estimate of drug-likeness (QED) is 0.787. The molecule has 3 rings (SSSR count). The van der Waals surface area contributed by atoms with Gasteiger partial charge in [0, 0.05) is 13.0 Å². The molecule has 1 fully saturated rings. The van der Waals surface area contributed by atoms with E-state index in [9.17, 15) is 9.90 Å². The van der Waals surface area contributed by atoms with Crippen molar-refractivity contribution >= 4 is 5.91 Å². The lowest BCUT2D eigenvalue weighted by Crippen LogP contribution is -2.64. The minimum Gasteiger partial charge on any atom is -0.376 e. The van der Waals surface area contributed by atoms with Crippen LogP contribution in [0.5, 0.6) is 0 Å². The van der Waals surface area contributed by atoms with Crippen LogP contribution in [0.3, 0.4) is 0 Å². The third kappa shape index (κ3) is 3.53. The zero-order valence-electron chi connectivity index (χ0n) is 12.3. The molecular weight excluding hydrogens is 276 g/mol. The fourth-order valence-electron chi connectivity index (χ4n) is 2.50. The van der Waals surface area contributed by atoms with Crippen LogP contribution < -0.4 is 10.6 Å². The highest BCUT2D eigenvalue weighted by Gasteiger charge is 2.28. The SMILES string of the molecule is O=C(CCc1ccc(-c2ccccc2)cc1)NC1CNC1O. The molecule has 0 spiro atoms. The van der Waals surface area contributed by atoms with E-state index >= 15 is 0 Å². The topological polar surface area (TPSA) is 61.4 Å². The molecule has 2 unspecified atom stereocenters. The van der Waals surface area contributed by atoms with Crippen molar-refractivity contribution in [2.24, 2.45) is 0 Å². The highest BCUT2D eigenvalue weighted by Crippen LogP contribution is 2.19. The third-order valence-electron chi connectivity index (χ3n) is 3.98. The largest absolute Gasteiger partial charge is 0.376 e. The Balaban J connectivity index is 1.52. The first kappa shape index (κ1) is 14.8. The van der Waals surface area contributed by atoms with Crippen LogP contribution >= 0.6 is 0 Å². The molecule has 2 atom stereocenters. The van der Waals surface area contributed by atoms with Gasteiger partial charge in [-0.15, -0.1) is 0 Å². The summed E-state index contributed by atoms with van der Waals surface area (Å²) in [7, 11) is 0. The van der Waals surface area contributed by atoms with E-state index in [4.69, 9.17) is 0 Å². The van der Waals surface area contributed by atoms with Gasteiger partial charge in [-0.1, -0.05) is 54.6 Å². The Labute approximate surface area is 130 Å². The number of nitrogens with one attached hydrogen (secondary N) is 2. The van der Waals surface area contributed by atoms with Crippen LogP contribution in [0.15, 0.2) is 54.6 Å². The first-order chi connectivity index (χ1) is 10.7. The predicted octanol–water partition coefficient (Wildman–Crippen LogP) is 1.69. The summed E-state index contributed by atoms with van der Waals surface area (Å²) >= 11 is 0. The monoisotopic (exact) mass is 296 g/mol. The minimum absolute atomic E-state index is 0.0160. The Morgan fingerprint density at radius 2 is 1.77 bits per heavy atom. The van der Waals surface area contributed by atoms with Crippen molar-refractivity contribution in [2.45, 2.75) is 25.1 Å². The average molecular weight is 296 g/mol. The van der Waals surface area contributed by atoms with Crippen LogP contribution in [-0.4, -0.2) is 29.8 Å². The van der Waals surface area contributed by atoms with Gasteiger partial charge in [0.2, 0.25) is 5.91 Å². The molecule has 1 amide bonds. The molecule has 3 N–H and O–H groups in total. The molecule has 0 aromatic heterocycles. The molecule has 2 aromatic rings. The van der Waals surface area contributed by atoms with Crippen molar-refractivity contribution < 1.29 is 9.90 Å². The number of hydrogen-bond donors (Lipinski definition) is 3. The van der Waals surface area contributed by atoms with Crippen LogP contribution in [0, 0.1) is 0 Å². The molecule has 1 saturated heterocycles. The molecule has 1 heterocycles. The summed E-state index contributed by atoms with van der Waals surface area (Å²) in [5.74, 6) is -0.0160. The van der Waals surface area contributed by atoms with E-state index in [1.807, 2.05) is 18.2 Å². The number of aliphatic hydroxyl groups excluding tert-OH is 1. The zero-order chi connectivity index (χ0) is 15.4. The normalized spacial score (nSPS) is 20.2. The first-order valence-electron chi connectivity index (χ1n) is 7.57. The standard InChI is InChI=1S/C18H20N2O2/c21-17(20-16-12-19-18(16)22)11-8-13-6-9-15(10-7-13)14-4-2-1-3-5-14/h1-7,9-10,16,18-19,22H,8,11-12H2,(H,20,21). The Morgan fingerprint density at radius 3 is 2.36 bits per heavy atom. The minimum atomic E-state index is -0.603. The average Bonchev–Trinajstić information content (AvgIpc) is 2.58. The Hall–Kier alpha value is -2.17. The molecule has 1 aliphatic heterocycles. The molecule has 114 valence electrons. The van der Waals surface area contributed by atoms with Crippen LogP contribution in [0.2, 0.25) is 0 Å². The third-order valence-corrected chi connectivity index (χ3v) is 3.98. The fourth-order valence-corrected chi connectivity index (χ4v) is 2.50. The van der Waals surface area contributed by atoms with Gasteiger partial charge in [-0.3, -0.25) is 10.1 Å². The molecule has 4 heteroatoms. The number of aliphatic hydroxyl groups is 1. The van der Waals surface area contributed by atoms with Gasteiger partial charge in [0.05, 0.1) is 6.04 Å². The van der Waals surface area contributed by atoms with Crippen molar-refractivity contribution in [3.8, 4) is 11.1 Å². The van der Waals surface area contributed by atoms with Gasteiger partial charge in [0.1, 0.15) is 6.23 Å². The van der Waals surface area contributed by atoms with Crippen LogP contribution in [0.4, 0.5) is 0 Å². The summed E-state index contributed by atoms with van der Waals surface area (Å²) in [6.07, 6.45) is 0.541. The number of rotatable bonds is 5. The smallest absolute Gasteiger partial charge is 0.220 e. The molecule has 4 nitrogen and oxygen atoms in total. The zero-order valence-corrected chi connectivity index (χ0v) is 12.3. The van der Waals surface area contributed by atoms with E-state index < -0.39 is 6.23 Å². The van der Waals surface area contributed by atoms with Crippen molar-refractivity contribution in [1.82, 2.24) is 10.6 Å². The Kier molecular flexibility index (Phi) is 4.51. The van der Waals surface area contributed by atoms with Crippen molar-refractivity contribution in [1.29, 1.82) is 0 Å². The Morgan fingerprint density at radius 1 is 1.09 bits per heavy atom. The lowest BCUT2D eigenvalue weighted by molar-refractivity contribution is -0.124. The van der Waals surface area contributed by atoms with Crippen LogP contribution in [-0.2, 0) is 11.2 Å². The summed E-state index contributed by atoms with van der Waals surface area (Å²) in [5, 5.41) is 15.0. The maximum atomic E-state index is 11.8. The van der Waals surface area contributed by atoms with Gasteiger partial charge in [0.15, 0.2) is 0 Å². The number of aryl methyl sites for hydroxylation is 1. The number of benzene rings is 2. The van der Waals surface area contributed by atoms with Crippen LogP contribution in [0.25, 0.3) is 11.1 Å². The summed E-state index contributed by atoms with van der Waals surface area (Å²) in [4.78, 5) is 11.8. The molecular formula is C18H20N2O2. The highest BCUT2D eigenvalue weighted by molar-refractivity contribution is 5.76. The van der Waals surface area contributed by atoms with E-state index in [2.05, 4.69) is 47.0 Å². The van der Waals surface area contributed by atoms with Gasteiger partial charge < -0.3 is 10.4 Å². The lowest BCUT2D eigenvalue weighted by atomic mass is 10.0. The summed E-state index contributed by atoms with van der Waals surface area (Å²) < 4.78 is 0. The van der Waals surface area contributed by atoms with Gasteiger partial charge in [-0.05, 0) is 23.1 Å². The molecule has 0 aliphatic carbocycles. The second-order valence-corrected chi connectivity index (χ2v) is 5.59. The predicted molar refractivity (Wildman–Crippen MR) is 86.1 cm³/mol. The molecule has 0 saturated carbocycles. The van der Waals surface area contributed by atoms with E-state index in [1.165, 1.54) is 11.1 Å². The Bertz CT molecular complexity index is 625. The summed E-state index contributed by atoms with van der Waals surface area (Å²) in [6, 6.07) is 18.4. The lowest BCUT2D eigenvalue weighted by Gasteiger charge is -2.34. The van der Waals surface area contributed by atoms with E-state index in [0.717, 1.165) is 5.56 Å². The highest BCUT2D eigenvalue weighted by atomic mass is 16.3. The van der Waals surface area contributed by atoms with Gasteiger partial charge in [0.25, 0.3) is 0 Å². The fraction of sp³-hybridized carbons (Fsp3) is 0.278. The second kappa shape index (κ2) is 6.73. The van der Waals surface area contributed by atoms with Gasteiger partial charge in [-0.2, -0.15) is 0 Å². The number of hydrogen-bond acceptors (Lipinski definition) is 3. The second-order valence-electron chi connectivity index (χ2n) is 5.59. The van der Waals surface area contributed by atoms with Crippen molar-refractivity contribution in [3.63, 3.8) is 0 Å². The summed E-state index contributed by atoms with van der Waals surface area (Å²) in [6.45, 7) is 0.638. The summed E-state index contributed by atoms with van der Waals surface area (Å²) in [5.41, 5.74) is 3.51. The maximum absolute atomic E-state index is 11.8. The number of amides is 1. The molecule has 1 aliphatic rings. The van der Waals surface area contributed by atoms with E-state index in [-0.39, 0.29) is 11.9 Å². The molecule has 0 radical (unpaired) electrons. The number of carbonyl (C=O) groups is 1. The van der Waals surface area contributed by atoms with Crippen molar-refractivity contribution in [3.05, 3.63) is 60.2 Å². The van der Waals surface area contributed by atoms with Crippen LogP contribution in [0.1, 0.15) is 12.0 Å². The van der Waals surface area contributed by atoms with E-state index in [1.54, 1.807) is 0 Å². The first-order valence-corrected chi connectivity index (χ1v) is 7.57. The number of carbonyl (C=O) groups excluding carboxylic acids is 1.